The Kier molecular flexibility index (Phi) is 4.32. The molecule has 0 bridgehead atoms. The highest BCUT2D eigenvalue weighted by Crippen LogP contribution is 2.12. The van der Waals surface area contributed by atoms with E-state index in [4.69, 9.17) is 0 Å². The van der Waals surface area contributed by atoms with Crippen molar-refractivity contribution in [3.05, 3.63) is 53.1 Å². The Morgan fingerprint density at radius 2 is 1.89 bits per heavy atom. The van der Waals surface area contributed by atoms with E-state index in [9.17, 15) is 4.39 Å². The van der Waals surface area contributed by atoms with Gasteiger partial charge in [0.2, 0.25) is 0 Å². The molecule has 1 aromatic carbocycles. The third kappa shape index (κ3) is 3.41. The van der Waals surface area contributed by atoms with Gasteiger partial charge < -0.3 is 0 Å². The summed E-state index contributed by atoms with van der Waals surface area (Å²) in [6, 6.07) is 6.66. The maximum atomic E-state index is 12.8. The molecule has 0 aliphatic heterocycles. The fourth-order valence-corrected chi connectivity index (χ4v) is 2.21. The number of nitrogens with zero attached hydrogens (tertiary/aromatic N) is 3. The maximum Gasteiger partial charge on any atom is 0.123 e. The first-order valence-corrected chi connectivity index (χ1v) is 6.54. The number of aryl methyl sites for hydroxylation is 1. The smallest absolute Gasteiger partial charge is 0.123 e. The lowest BCUT2D eigenvalue weighted by molar-refractivity contribution is 0.318. The minimum Gasteiger partial charge on any atom is -0.298 e. The Morgan fingerprint density at radius 3 is 2.47 bits per heavy atom. The minimum absolute atomic E-state index is 0.188. The first kappa shape index (κ1) is 13.7. The van der Waals surface area contributed by atoms with Crippen LogP contribution in [0.1, 0.15) is 23.7 Å². The lowest BCUT2D eigenvalue weighted by atomic mass is 10.2. The normalized spacial score (nSPS) is 11.2. The molecule has 1 heterocycles. The van der Waals surface area contributed by atoms with Crippen molar-refractivity contribution >= 4 is 0 Å². The van der Waals surface area contributed by atoms with E-state index in [0.717, 1.165) is 25.2 Å². The fourth-order valence-electron chi connectivity index (χ4n) is 2.21. The number of aromatic nitrogens is 2. The Balaban J connectivity index is 1.99. The van der Waals surface area contributed by atoms with Crippen molar-refractivity contribution < 1.29 is 4.39 Å². The zero-order valence-corrected chi connectivity index (χ0v) is 11.7. The van der Waals surface area contributed by atoms with Crippen molar-refractivity contribution in [3.8, 4) is 0 Å². The van der Waals surface area contributed by atoms with Crippen LogP contribution in [0.5, 0.6) is 0 Å². The van der Waals surface area contributed by atoms with Crippen LogP contribution in [0.2, 0.25) is 0 Å². The highest BCUT2D eigenvalue weighted by Gasteiger charge is 2.08. The lowest BCUT2D eigenvalue weighted by Crippen LogP contribution is -2.17. The molecule has 2 aromatic rings. The molecule has 0 spiro atoms. The van der Waals surface area contributed by atoms with Gasteiger partial charge in [0, 0.05) is 30.9 Å². The summed E-state index contributed by atoms with van der Waals surface area (Å²) in [6.45, 7) is 6.73. The van der Waals surface area contributed by atoms with Gasteiger partial charge in [-0.25, -0.2) is 4.39 Å². The predicted octanol–water partition coefficient (Wildman–Crippen LogP) is 2.98. The van der Waals surface area contributed by atoms with Gasteiger partial charge in [0.15, 0.2) is 0 Å². The van der Waals surface area contributed by atoms with Crippen LogP contribution in [-0.2, 0) is 19.6 Å². The first-order chi connectivity index (χ1) is 9.10. The number of benzene rings is 1. The molecule has 19 heavy (non-hydrogen) atoms. The number of halogens is 1. The van der Waals surface area contributed by atoms with Gasteiger partial charge in [-0.3, -0.25) is 9.58 Å². The molecule has 0 N–H and O–H groups in total. The molecule has 102 valence electrons. The van der Waals surface area contributed by atoms with E-state index in [1.165, 1.54) is 23.4 Å². The zero-order chi connectivity index (χ0) is 13.8. The molecule has 0 aliphatic carbocycles. The van der Waals surface area contributed by atoms with Crippen LogP contribution < -0.4 is 0 Å². The van der Waals surface area contributed by atoms with Gasteiger partial charge >= 0.3 is 0 Å². The Labute approximate surface area is 113 Å². The van der Waals surface area contributed by atoms with Crippen LogP contribution in [0.4, 0.5) is 4.39 Å². The molecule has 0 amide bonds. The van der Waals surface area contributed by atoms with Crippen LogP contribution >= 0.6 is 0 Å². The Hall–Kier alpha value is -1.68. The highest BCUT2D eigenvalue weighted by atomic mass is 19.1. The molecule has 4 heteroatoms. The van der Waals surface area contributed by atoms with E-state index in [1.807, 2.05) is 23.0 Å². The summed E-state index contributed by atoms with van der Waals surface area (Å²) in [4.78, 5) is 2.21. The summed E-state index contributed by atoms with van der Waals surface area (Å²) in [6.07, 6.45) is 1.93. The summed E-state index contributed by atoms with van der Waals surface area (Å²) in [5.41, 5.74) is 3.57. The largest absolute Gasteiger partial charge is 0.298 e. The highest BCUT2D eigenvalue weighted by molar-refractivity contribution is 5.18. The van der Waals surface area contributed by atoms with Gasteiger partial charge in [-0.2, -0.15) is 5.10 Å². The van der Waals surface area contributed by atoms with Crippen LogP contribution in [0.15, 0.2) is 30.5 Å². The topological polar surface area (TPSA) is 21.1 Å². The predicted molar refractivity (Wildman–Crippen MR) is 74.2 cm³/mol. The molecule has 0 unspecified atom stereocenters. The minimum atomic E-state index is -0.188. The van der Waals surface area contributed by atoms with Crippen LogP contribution in [0, 0.1) is 12.7 Å². The quantitative estimate of drug-likeness (QED) is 0.825. The van der Waals surface area contributed by atoms with E-state index in [1.54, 1.807) is 0 Å². The Morgan fingerprint density at radius 1 is 1.21 bits per heavy atom. The van der Waals surface area contributed by atoms with Gasteiger partial charge in [-0.1, -0.05) is 12.1 Å². The van der Waals surface area contributed by atoms with Crippen molar-refractivity contribution in [2.24, 2.45) is 0 Å². The van der Waals surface area contributed by atoms with Crippen molar-refractivity contribution in [2.45, 2.75) is 33.5 Å². The number of hydrogen-bond donors (Lipinski definition) is 0. The van der Waals surface area contributed by atoms with Crippen LogP contribution in [-0.4, -0.2) is 21.7 Å². The molecule has 0 fully saturated rings. The summed E-state index contributed by atoms with van der Waals surface area (Å²) in [5, 5.41) is 4.35. The standard InChI is InChI=1S/C15H20FN3/c1-4-19-12(2)14(9-17-19)11-18(3)10-13-5-7-15(16)8-6-13/h5-9H,4,10-11H2,1-3H3. The molecule has 0 radical (unpaired) electrons. The van der Waals surface area contributed by atoms with Gasteiger partial charge in [-0.05, 0) is 38.6 Å². The second-order valence-electron chi connectivity index (χ2n) is 4.87. The van der Waals surface area contributed by atoms with Crippen molar-refractivity contribution in [1.29, 1.82) is 0 Å². The number of rotatable bonds is 5. The van der Waals surface area contributed by atoms with E-state index in [-0.39, 0.29) is 5.82 Å². The van der Waals surface area contributed by atoms with Gasteiger partial charge in [-0.15, -0.1) is 0 Å². The summed E-state index contributed by atoms with van der Waals surface area (Å²) in [5.74, 6) is -0.188. The van der Waals surface area contributed by atoms with Crippen LogP contribution in [0.25, 0.3) is 0 Å². The molecular weight excluding hydrogens is 241 g/mol. The van der Waals surface area contributed by atoms with Gasteiger partial charge in [0.25, 0.3) is 0 Å². The fraction of sp³-hybridized carbons (Fsp3) is 0.400. The summed E-state index contributed by atoms with van der Waals surface area (Å²) < 4.78 is 14.8. The molecule has 2 rings (SSSR count). The van der Waals surface area contributed by atoms with Crippen LogP contribution in [0.3, 0.4) is 0 Å². The zero-order valence-electron chi connectivity index (χ0n) is 11.7. The molecule has 0 atom stereocenters. The second-order valence-corrected chi connectivity index (χ2v) is 4.87. The second kappa shape index (κ2) is 5.97. The SMILES string of the molecule is CCn1ncc(CN(C)Cc2ccc(F)cc2)c1C. The molecule has 0 saturated heterocycles. The maximum absolute atomic E-state index is 12.8. The van der Waals surface area contributed by atoms with Crippen molar-refractivity contribution in [1.82, 2.24) is 14.7 Å². The summed E-state index contributed by atoms with van der Waals surface area (Å²) >= 11 is 0. The third-order valence-corrected chi connectivity index (χ3v) is 3.31. The Bertz CT molecular complexity index is 531. The third-order valence-electron chi connectivity index (χ3n) is 3.31. The van der Waals surface area contributed by atoms with Gasteiger partial charge in [0.1, 0.15) is 5.82 Å². The van der Waals surface area contributed by atoms with Crippen molar-refractivity contribution in [2.75, 3.05) is 7.05 Å². The summed E-state index contributed by atoms with van der Waals surface area (Å²) in [7, 11) is 2.06. The molecule has 0 aliphatic rings. The molecular formula is C15H20FN3. The first-order valence-electron chi connectivity index (χ1n) is 6.54. The van der Waals surface area contributed by atoms with E-state index in [2.05, 4.69) is 30.9 Å². The molecule has 1 aromatic heterocycles. The van der Waals surface area contributed by atoms with E-state index < -0.39 is 0 Å². The monoisotopic (exact) mass is 261 g/mol. The van der Waals surface area contributed by atoms with E-state index in [0.29, 0.717) is 0 Å². The average molecular weight is 261 g/mol. The molecule has 3 nitrogen and oxygen atoms in total. The molecule has 0 saturated carbocycles. The lowest BCUT2D eigenvalue weighted by Gasteiger charge is -2.16. The van der Waals surface area contributed by atoms with Crippen molar-refractivity contribution in [3.63, 3.8) is 0 Å². The van der Waals surface area contributed by atoms with Gasteiger partial charge in [0.05, 0.1) is 6.20 Å². The number of hydrogen-bond acceptors (Lipinski definition) is 2. The van der Waals surface area contributed by atoms with E-state index >= 15 is 0 Å². The average Bonchev–Trinajstić information content (AvgIpc) is 2.73.